The molecule has 1 aromatic carbocycles. The Bertz CT molecular complexity index is 536. The summed E-state index contributed by atoms with van der Waals surface area (Å²) in [6.45, 7) is 14.9. The Morgan fingerprint density at radius 1 is 1.26 bits per heavy atom. The Labute approximate surface area is 142 Å². The van der Waals surface area contributed by atoms with Crippen molar-refractivity contribution in [2.75, 3.05) is 13.2 Å². The fourth-order valence-corrected chi connectivity index (χ4v) is 3.83. The average Bonchev–Trinajstić information content (AvgIpc) is 2.85. The van der Waals surface area contributed by atoms with Crippen LogP contribution in [0.2, 0.25) is 18.1 Å². The summed E-state index contributed by atoms with van der Waals surface area (Å²) in [7, 11) is -1.74. The molecule has 0 bridgehead atoms. The summed E-state index contributed by atoms with van der Waals surface area (Å²) in [4.78, 5) is 14.4. The molecule has 0 radical (unpaired) electrons. The van der Waals surface area contributed by atoms with Crippen molar-refractivity contribution in [3.63, 3.8) is 0 Å². The van der Waals surface area contributed by atoms with Gasteiger partial charge in [0.1, 0.15) is 0 Å². The third-order valence-electron chi connectivity index (χ3n) is 5.47. The lowest BCUT2D eigenvalue weighted by Crippen LogP contribution is -2.42. The van der Waals surface area contributed by atoms with Gasteiger partial charge in [-0.1, -0.05) is 51.1 Å². The van der Waals surface area contributed by atoms with E-state index in [1.54, 1.807) is 0 Å². The first kappa shape index (κ1) is 18.2. The molecule has 128 valence electrons. The molecule has 23 heavy (non-hydrogen) atoms. The van der Waals surface area contributed by atoms with Crippen LogP contribution in [0.1, 0.15) is 45.7 Å². The number of carbonyl (C=O) groups is 1. The lowest BCUT2D eigenvalue weighted by atomic mass is 10.1. The van der Waals surface area contributed by atoms with Crippen LogP contribution < -0.4 is 0 Å². The normalized spacial score (nSPS) is 20.9. The van der Waals surface area contributed by atoms with Gasteiger partial charge in [0, 0.05) is 25.5 Å². The number of hydrogen-bond donors (Lipinski definition) is 0. The first-order chi connectivity index (χ1) is 10.6. The molecule has 4 heteroatoms. The van der Waals surface area contributed by atoms with Gasteiger partial charge in [0.15, 0.2) is 8.32 Å². The molecule has 1 amide bonds. The highest BCUT2D eigenvalue weighted by atomic mass is 28.4. The van der Waals surface area contributed by atoms with E-state index in [-0.39, 0.29) is 17.0 Å². The van der Waals surface area contributed by atoms with E-state index in [9.17, 15) is 4.79 Å². The van der Waals surface area contributed by atoms with Crippen molar-refractivity contribution in [1.82, 2.24) is 4.90 Å². The summed E-state index contributed by atoms with van der Waals surface area (Å²) < 4.78 is 6.32. The van der Waals surface area contributed by atoms with Gasteiger partial charge in [-0.25, -0.2) is 0 Å². The highest BCUT2D eigenvalue weighted by Crippen LogP contribution is 2.37. The number of amides is 1. The number of hydrogen-bond acceptors (Lipinski definition) is 2. The molecule has 2 atom stereocenters. The quantitative estimate of drug-likeness (QED) is 0.736. The van der Waals surface area contributed by atoms with Crippen molar-refractivity contribution in [3.05, 3.63) is 35.9 Å². The van der Waals surface area contributed by atoms with Crippen LogP contribution in [0.5, 0.6) is 0 Å². The van der Waals surface area contributed by atoms with Crippen LogP contribution in [0.3, 0.4) is 0 Å². The van der Waals surface area contributed by atoms with Crippen LogP contribution in [0.15, 0.2) is 30.3 Å². The van der Waals surface area contributed by atoms with Crippen LogP contribution in [-0.2, 0) is 9.22 Å². The third-order valence-corrected chi connectivity index (χ3v) is 9.97. The Morgan fingerprint density at radius 2 is 1.87 bits per heavy atom. The Morgan fingerprint density at radius 3 is 2.43 bits per heavy atom. The highest BCUT2D eigenvalue weighted by Gasteiger charge is 2.39. The summed E-state index contributed by atoms with van der Waals surface area (Å²) in [6.07, 6.45) is 0.617. The van der Waals surface area contributed by atoms with Gasteiger partial charge in [0.25, 0.3) is 0 Å². The van der Waals surface area contributed by atoms with Crippen LogP contribution in [-0.4, -0.2) is 32.3 Å². The number of carbonyl (C=O) groups excluding carboxylic acids is 1. The Hall–Kier alpha value is -1.13. The second kappa shape index (κ2) is 6.77. The average molecular weight is 334 g/mol. The maximum Gasteiger partial charge on any atom is 0.223 e. The number of benzene rings is 1. The minimum Gasteiger partial charge on any atom is -0.416 e. The molecule has 1 aliphatic rings. The van der Waals surface area contributed by atoms with E-state index >= 15 is 0 Å². The van der Waals surface area contributed by atoms with Crippen LogP contribution in [0.4, 0.5) is 0 Å². The van der Waals surface area contributed by atoms with Crippen LogP contribution in [0, 0.1) is 5.92 Å². The minimum absolute atomic E-state index is 0.140. The van der Waals surface area contributed by atoms with Crippen molar-refractivity contribution in [1.29, 1.82) is 0 Å². The monoisotopic (exact) mass is 333 g/mol. The van der Waals surface area contributed by atoms with E-state index in [1.807, 2.05) is 23.1 Å². The summed E-state index contributed by atoms with van der Waals surface area (Å²) in [5.41, 5.74) is 1.20. The first-order valence-electron chi connectivity index (χ1n) is 8.60. The summed E-state index contributed by atoms with van der Waals surface area (Å²) >= 11 is 0. The van der Waals surface area contributed by atoms with Crippen molar-refractivity contribution < 1.29 is 9.22 Å². The maximum absolute atomic E-state index is 12.4. The SMILES string of the molecule is CC(c1ccccc1)N1CC(CO[Si](C)(C)C(C)(C)C)CC1=O. The molecule has 1 fully saturated rings. The van der Waals surface area contributed by atoms with E-state index in [0.29, 0.717) is 18.9 Å². The summed E-state index contributed by atoms with van der Waals surface area (Å²) in [6, 6.07) is 10.4. The van der Waals surface area contributed by atoms with Gasteiger partial charge >= 0.3 is 0 Å². The highest BCUT2D eigenvalue weighted by molar-refractivity contribution is 6.74. The van der Waals surface area contributed by atoms with Gasteiger partial charge in [-0.2, -0.15) is 0 Å². The largest absolute Gasteiger partial charge is 0.416 e. The van der Waals surface area contributed by atoms with Gasteiger partial charge in [0.2, 0.25) is 5.91 Å². The van der Waals surface area contributed by atoms with Crippen molar-refractivity contribution in [3.8, 4) is 0 Å². The molecule has 0 aromatic heterocycles. The zero-order valence-corrected chi connectivity index (χ0v) is 16.4. The molecule has 2 unspecified atom stereocenters. The van der Waals surface area contributed by atoms with Gasteiger partial charge in [-0.15, -0.1) is 0 Å². The lowest BCUT2D eigenvalue weighted by Gasteiger charge is -2.37. The van der Waals surface area contributed by atoms with E-state index in [4.69, 9.17) is 4.43 Å². The number of likely N-dealkylation sites (tertiary alicyclic amines) is 1. The molecule has 2 rings (SSSR count). The van der Waals surface area contributed by atoms with Gasteiger partial charge in [-0.05, 0) is 30.6 Å². The molecule has 3 nitrogen and oxygen atoms in total. The van der Waals surface area contributed by atoms with E-state index < -0.39 is 8.32 Å². The van der Waals surface area contributed by atoms with Crippen molar-refractivity contribution in [2.45, 2.75) is 58.3 Å². The molecule has 0 aliphatic carbocycles. The molecule has 1 saturated heterocycles. The van der Waals surface area contributed by atoms with E-state index in [2.05, 4.69) is 52.9 Å². The third kappa shape index (κ3) is 4.24. The van der Waals surface area contributed by atoms with Crippen molar-refractivity contribution in [2.24, 2.45) is 5.92 Å². The van der Waals surface area contributed by atoms with Crippen LogP contribution in [0.25, 0.3) is 0 Å². The Kier molecular flexibility index (Phi) is 5.36. The van der Waals surface area contributed by atoms with E-state index in [1.165, 1.54) is 5.56 Å². The summed E-state index contributed by atoms with van der Waals surface area (Å²) in [5.74, 6) is 0.577. The lowest BCUT2D eigenvalue weighted by molar-refractivity contribution is -0.129. The molecular weight excluding hydrogens is 302 g/mol. The standard InChI is InChI=1S/C19H31NO2Si/c1-15(17-10-8-7-9-11-17)20-13-16(12-18(20)21)14-22-23(5,6)19(2,3)4/h7-11,15-16H,12-14H2,1-6H3. The van der Waals surface area contributed by atoms with Gasteiger partial charge < -0.3 is 9.33 Å². The topological polar surface area (TPSA) is 29.5 Å². The molecule has 1 aromatic rings. The predicted octanol–water partition coefficient (Wildman–Crippen LogP) is 4.62. The molecule has 0 N–H and O–H groups in total. The zero-order valence-electron chi connectivity index (χ0n) is 15.4. The van der Waals surface area contributed by atoms with Gasteiger partial charge in [-0.3, -0.25) is 4.79 Å². The predicted molar refractivity (Wildman–Crippen MR) is 97.8 cm³/mol. The molecule has 1 aliphatic heterocycles. The molecular formula is C19H31NO2Si. The fourth-order valence-electron chi connectivity index (χ4n) is 2.75. The van der Waals surface area contributed by atoms with E-state index in [0.717, 1.165) is 6.54 Å². The minimum atomic E-state index is -1.74. The summed E-state index contributed by atoms with van der Waals surface area (Å²) in [5, 5.41) is 0.215. The molecule has 1 heterocycles. The van der Waals surface area contributed by atoms with Gasteiger partial charge in [0.05, 0.1) is 6.04 Å². The fraction of sp³-hybridized carbons (Fsp3) is 0.632. The molecule has 0 spiro atoms. The number of rotatable bonds is 5. The number of nitrogens with zero attached hydrogens (tertiary/aromatic N) is 1. The second-order valence-electron chi connectivity index (χ2n) is 8.27. The Balaban J connectivity index is 1.95. The smallest absolute Gasteiger partial charge is 0.223 e. The second-order valence-corrected chi connectivity index (χ2v) is 13.1. The maximum atomic E-state index is 12.4. The zero-order chi connectivity index (χ0) is 17.3. The first-order valence-corrected chi connectivity index (χ1v) is 11.5. The molecule has 0 saturated carbocycles. The van der Waals surface area contributed by atoms with Crippen LogP contribution >= 0.6 is 0 Å². The van der Waals surface area contributed by atoms with Crippen molar-refractivity contribution >= 4 is 14.2 Å².